The van der Waals surface area contributed by atoms with Crippen molar-refractivity contribution < 1.29 is 41.3 Å². The van der Waals surface area contributed by atoms with Gasteiger partial charge in [0.15, 0.2) is 0 Å². The maximum absolute atomic E-state index is 14.2. The van der Waals surface area contributed by atoms with Crippen molar-refractivity contribution in [2.45, 2.75) is 101 Å². The molecule has 0 spiro atoms. The van der Waals surface area contributed by atoms with Crippen LogP contribution in [0.5, 0.6) is 0 Å². The summed E-state index contributed by atoms with van der Waals surface area (Å²) in [5, 5.41) is 5.54. The molecule has 1 aromatic rings. The second kappa shape index (κ2) is 12.5. The summed E-state index contributed by atoms with van der Waals surface area (Å²) in [7, 11) is -3.00. The van der Waals surface area contributed by atoms with Gasteiger partial charge >= 0.3 is 12.1 Å². The third-order valence-corrected chi connectivity index (χ3v) is 11.5. The lowest BCUT2D eigenvalue weighted by Crippen LogP contribution is -2.59. The van der Waals surface area contributed by atoms with Crippen molar-refractivity contribution in [2.24, 2.45) is 23.2 Å². The fourth-order valence-electron chi connectivity index (χ4n) is 6.83. The number of methoxy groups -OCH3 is 1. The van der Waals surface area contributed by atoms with E-state index in [0.29, 0.717) is 29.2 Å². The van der Waals surface area contributed by atoms with Gasteiger partial charge in [0.05, 0.1) is 18.1 Å². The predicted octanol–water partition coefficient (Wildman–Crippen LogP) is 3.52. The molecule has 1 aromatic carbocycles. The second-order valence-electron chi connectivity index (χ2n) is 13.8. The van der Waals surface area contributed by atoms with Crippen LogP contribution in [0.1, 0.15) is 66.2 Å². The van der Waals surface area contributed by atoms with E-state index in [-0.39, 0.29) is 29.9 Å². The molecule has 4 aliphatic rings. The molecule has 0 bridgehead atoms. The van der Waals surface area contributed by atoms with Crippen LogP contribution in [-0.4, -0.2) is 80.7 Å². The summed E-state index contributed by atoms with van der Waals surface area (Å²) in [4.78, 5) is 54.9. The Morgan fingerprint density at radius 1 is 1.04 bits per heavy atom. The number of halogens is 1. The van der Waals surface area contributed by atoms with E-state index in [2.05, 4.69) is 26.6 Å². The monoisotopic (exact) mass is 711 g/mol. The summed E-state index contributed by atoms with van der Waals surface area (Å²) in [6, 6.07) is 3.63. The van der Waals surface area contributed by atoms with Crippen LogP contribution in [-0.2, 0) is 38.2 Å². The molecule has 3 saturated carbocycles. The van der Waals surface area contributed by atoms with Gasteiger partial charge in [-0.25, -0.2) is 9.59 Å². The number of hydrogen-bond donors (Lipinski definition) is 2. The van der Waals surface area contributed by atoms with Crippen LogP contribution in [0.3, 0.4) is 0 Å². The van der Waals surface area contributed by atoms with Crippen LogP contribution < -0.4 is 10.6 Å². The summed E-state index contributed by atoms with van der Waals surface area (Å²) in [5.74, 6) is -0.725. The van der Waals surface area contributed by atoms with E-state index in [1.807, 2.05) is 6.92 Å². The molecule has 4 fully saturated rings. The smallest absolute Gasteiger partial charge is 0.408 e. The zero-order valence-electron chi connectivity index (χ0n) is 26.2. The van der Waals surface area contributed by atoms with Crippen molar-refractivity contribution >= 4 is 49.9 Å². The summed E-state index contributed by atoms with van der Waals surface area (Å²) in [6.07, 6.45) is 1.69. The second-order valence-corrected chi connectivity index (χ2v) is 16.3. The van der Waals surface area contributed by atoms with E-state index < -0.39 is 63.1 Å². The number of carbonyl (C=O) groups is 4. The number of esters is 1. The van der Waals surface area contributed by atoms with E-state index in [4.69, 9.17) is 13.7 Å². The Bertz CT molecular complexity index is 1440. The molecule has 2 N–H and O–H groups in total. The Kier molecular flexibility index (Phi) is 9.33. The molecule has 1 saturated heterocycles. The Balaban J connectivity index is 1.37. The zero-order chi connectivity index (χ0) is 32.9. The van der Waals surface area contributed by atoms with E-state index >= 15 is 0 Å². The number of ether oxygens (including phenoxy) is 2. The number of benzene rings is 1. The summed E-state index contributed by atoms with van der Waals surface area (Å²) in [6.45, 7) is 7.00. The van der Waals surface area contributed by atoms with Crippen LogP contribution in [0.15, 0.2) is 33.6 Å². The fraction of sp³-hybridized carbons (Fsp3) is 0.677. The van der Waals surface area contributed by atoms with Crippen molar-refractivity contribution in [3.8, 4) is 0 Å². The van der Waals surface area contributed by atoms with E-state index in [9.17, 15) is 27.6 Å². The number of hydrogen-bond acceptors (Lipinski definition) is 9. The lowest BCUT2D eigenvalue weighted by atomic mass is 9.85. The Morgan fingerprint density at radius 3 is 2.24 bits per heavy atom. The van der Waals surface area contributed by atoms with Crippen LogP contribution in [0, 0.1) is 23.2 Å². The third kappa shape index (κ3) is 7.17. The maximum Gasteiger partial charge on any atom is 0.408 e. The highest BCUT2D eigenvalue weighted by Gasteiger charge is 2.62. The molecule has 8 atom stereocenters. The average Bonchev–Trinajstić information content (AvgIpc) is 3.78. The number of amides is 3. The summed E-state index contributed by atoms with van der Waals surface area (Å²) < 4.78 is 43.2. The molecule has 3 amide bonds. The summed E-state index contributed by atoms with van der Waals surface area (Å²) >= 11 is 3.28. The van der Waals surface area contributed by atoms with Gasteiger partial charge in [-0.3, -0.25) is 13.8 Å². The molecule has 45 heavy (non-hydrogen) atoms. The molecule has 0 radical (unpaired) electrons. The largest absolute Gasteiger partial charge is 0.467 e. The Labute approximate surface area is 272 Å². The third-order valence-electron chi connectivity index (χ3n) is 9.56. The van der Waals surface area contributed by atoms with Crippen molar-refractivity contribution in [2.75, 3.05) is 13.7 Å². The minimum atomic E-state index is -4.25. The van der Waals surface area contributed by atoms with Crippen LogP contribution in [0.2, 0.25) is 0 Å². The highest BCUT2D eigenvalue weighted by atomic mass is 79.9. The van der Waals surface area contributed by atoms with Gasteiger partial charge in [-0.1, -0.05) is 50.0 Å². The van der Waals surface area contributed by atoms with E-state index in [0.717, 1.165) is 12.8 Å². The van der Waals surface area contributed by atoms with Gasteiger partial charge in [0, 0.05) is 17.4 Å². The number of alkyl carbamates (subject to hydrolysis) is 1. The van der Waals surface area contributed by atoms with Gasteiger partial charge in [-0.05, 0) is 73.1 Å². The van der Waals surface area contributed by atoms with Crippen LogP contribution >= 0.6 is 15.9 Å². The minimum absolute atomic E-state index is 0.0774. The van der Waals surface area contributed by atoms with Gasteiger partial charge < -0.3 is 25.0 Å². The topological polar surface area (TPSA) is 157 Å². The molecular formula is C31H42BrN3O9S. The fourth-order valence-corrected chi connectivity index (χ4v) is 8.17. The van der Waals surface area contributed by atoms with Gasteiger partial charge in [0.2, 0.25) is 11.8 Å². The lowest BCUT2D eigenvalue weighted by Gasteiger charge is -2.35. The van der Waals surface area contributed by atoms with Crippen molar-refractivity contribution in [1.29, 1.82) is 0 Å². The normalized spacial score (nSPS) is 31.0. The molecule has 14 heteroatoms. The van der Waals surface area contributed by atoms with Crippen molar-refractivity contribution in [1.82, 2.24) is 15.5 Å². The van der Waals surface area contributed by atoms with Crippen LogP contribution in [0.25, 0.3) is 0 Å². The Hall–Kier alpha value is -2.71. The maximum atomic E-state index is 14.2. The molecule has 2 unspecified atom stereocenters. The molecule has 1 heterocycles. The highest BCUT2D eigenvalue weighted by Crippen LogP contribution is 2.52. The Morgan fingerprint density at radius 2 is 1.69 bits per heavy atom. The first kappa shape index (κ1) is 33.6. The number of fused-ring (bicyclic) bond motifs is 1. The molecule has 3 aliphatic carbocycles. The molecular weight excluding hydrogens is 670 g/mol. The highest BCUT2D eigenvalue weighted by molar-refractivity contribution is 9.10. The molecule has 12 nitrogen and oxygen atoms in total. The minimum Gasteiger partial charge on any atom is -0.467 e. The first-order valence-electron chi connectivity index (χ1n) is 15.4. The molecule has 1 aliphatic heterocycles. The van der Waals surface area contributed by atoms with Crippen molar-refractivity contribution in [3.05, 3.63) is 28.7 Å². The molecule has 5 rings (SSSR count). The average molecular weight is 713 g/mol. The number of likely N-dealkylation sites (tertiary alicyclic amines) is 1. The number of rotatable bonds is 10. The summed E-state index contributed by atoms with van der Waals surface area (Å²) in [5.41, 5.74) is -2.01. The van der Waals surface area contributed by atoms with Crippen LogP contribution in [0.4, 0.5) is 4.79 Å². The standard InChI is InChI=1S/C31H42BrN3O9S/c1-6-19-15-31(19,28(38)42-5)34-26(36)24-14-22(44-45(40,41)23-9-7-20(32)8-10-23)16-35(24)27(37)25(30(2,3)4)33-29(39)43-21-12-17-11-18(17)13-21/h7-10,17-19,21-22,24-25H,6,11-16H2,1-5H3,(H,33,39)(H,34,36)/t17-,18?,19+,21?,22-,24-,25-,31-/m0/s1. The number of nitrogens with zero attached hydrogens (tertiary/aromatic N) is 1. The van der Waals surface area contributed by atoms with Gasteiger partial charge in [-0.2, -0.15) is 8.42 Å². The van der Waals surface area contributed by atoms with Gasteiger partial charge in [0.1, 0.15) is 23.7 Å². The van der Waals surface area contributed by atoms with E-state index in [1.165, 1.54) is 30.6 Å². The molecule has 248 valence electrons. The van der Waals surface area contributed by atoms with Gasteiger partial charge in [-0.15, -0.1) is 0 Å². The quantitative estimate of drug-likeness (QED) is 0.274. The number of carbonyl (C=O) groups excluding carboxylic acids is 4. The first-order valence-corrected chi connectivity index (χ1v) is 17.6. The SMILES string of the molecule is CC[C@@H]1C[C@@]1(NC(=O)[C@@H]1C[C@H](OS(=O)(=O)c2ccc(Br)cc2)CN1C(=O)[C@H](NC(=O)OC1CC2C[C@H]2C1)C(C)(C)C)C(=O)OC. The van der Waals surface area contributed by atoms with Gasteiger partial charge in [0.25, 0.3) is 10.1 Å². The zero-order valence-corrected chi connectivity index (χ0v) is 28.6. The van der Waals surface area contributed by atoms with E-state index in [1.54, 1.807) is 32.9 Å². The lowest BCUT2D eigenvalue weighted by molar-refractivity contribution is -0.148. The number of nitrogens with one attached hydrogen (secondary N) is 2. The predicted molar refractivity (Wildman–Crippen MR) is 165 cm³/mol. The molecule has 0 aromatic heterocycles. The van der Waals surface area contributed by atoms with Crippen molar-refractivity contribution in [3.63, 3.8) is 0 Å². The first-order chi connectivity index (χ1) is 21.1.